The van der Waals surface area contributed by atoms with Crippen LogP contribution >= 0.6 is 0 Å². The summed E-state index contributed by atoms with van der Waals surface area (Å²) in [6.07, 6.45) is 0. The second kappa shape index (κ2) is 5.38. The molecule has 3 aromatic rings. The number of hydrogen-bond donors (Lipinski definition) is 3. The largest absolute Gasteiger partial charge is 0.340 e. The fourth-order valence-electron chi connectivity index (χ4n) is 2.42. The van der Waals surface area contributed by atoms with E-state index in [4.69, 9.17) is 5.84 Å². The number of aryl methyl sites for hydroxylation is 2. The Hall–Kier alpha value is -2.66. The lowest BCUT2D eigenvalue weighted by Crippen LogP contribution is -2.11. The first-order valence-electron chi connectivity index (χ1n) is 6.74. The van der Waals surface area contributed by atoms with Crippen molar-refractivity contribution in [2.75, 3.05) is 10.7 Å². The van der Waals surface area contributed by atoms with Gasteiger partial charge < -0.3 is 5.32 Å². The molecule has 0 amide bonds. The van der Waals surface area contributed by atoms with E-state index in [9.17, 15) is 0 Å². The lowest BCUT2D eigenvalue weighted by Gasteiger charge is -2.11. The molecule has 1 heterocycles. The molecule has 5 heteroatoms. The van der Waals surface area contributed by atoms with Crippen molar-refractivity contribution in [3.05, 3.63) is 53.6 Å². The third-order valence-electron chi connectivity index (χ3n) is 3.22. The predicted octanol–water partition coefficient (Wildman–Crippen LogP) is 3.28. The van der Waals surface area contributed by atoms with Gasteiger partial charge in [-0.3, -0.25) is 5.43 Å². The van der Waals surface area contributed by atoms with Crippen LogP contribution in [0.15, 0.2) is 42.5 Å². The summed E-state index contributed by atoms with van der Waals surface area (Å²) in [5.41, 5.74) is 6.75. The minimum Gasteiger partial charge on any atom is -0.340 e. The summed E-state index contributed by atoms with van der Waals surface area (Å²) in [7, 11) is 0. The minimum atomic E-state index is 0.389. The Labute approximate surface area is 123 Å². The van der Waals surface area contributed by atoms with E-state index in [2.05, 4.69) is 52.8 Å². The summed E-state index contributed by atoms with van der Waals surface area (Å²) in [4.78, 5) is 8.76. The van der Waals surface area contributed by atoms with Crippen LogP contribution in [0.4, 0.5) is 17.5 Å². The summed E-state index contributed by atoms with van der Waals surface area (Å²) in [6.45, 7) is 4.15. The summed E-state index contributed by atoms with van der Waals surface area (Å²) in [5, 5.41) is 4.31. The van der Waals surface area contributed by atoms with Gasteiger partial charge in [0, 0.05) is 11.1 Å². The zero-order chi connectivity index (χ0) is 14.8. The molecule has 0 aliphatic carbocycles. The first-order chi connectivity index (χ1) is 10.2. The van der Waals surface area contributed by atoms with Crippen LogP contribution in [0.2, 0.25) is 0 Å². The molecule has 5 nitrogen and oxygen atoms in total. The lowest BCUT2D eigenvalue weighted by molar-refractivity contribution is 1.15. The average molecular weight is 279 g/mol. The molecule has 0 saturated heterocycles. The zero-order valence-electron chi connectivity index (χ0n) is 12.0. The Kier molecular flexibility index (Phi) is 3.41. The predicted molar refractivity (Wildman–Crippen MR) is 86.5 cm³/mol. The van der Waals surface area contributed by atoms with Crippen molar-refractivity contribution < 1.29 is 0 Å². The molecule has 0 bridgehead atoms. The number of para-hydroxylation sites is 1. The second-order valence-electron chi connectivity index (χ2n) is 5.06. The van der Waals surface area contributed by atoms with E-state index in [-0.39, 0.29) is 0 Å². The highest BCUT2D eigenvalue weighted by Crippen LogP contribution is 2.25. The van der Waals surface area contributed by atoms with Crippen LogP contribution in [0.5, 0.6) is 0 Å². The maximum absolute atomic E-state index is 5.45. The molecule has 0 unspecified atom stereocenters. The van der Waals surface area contributed by atoms with Gasteiger partial charge >= 0.3 is 0 Å². The molecule has 106 valence electrons. The Morgan fingerprint density at radius 2 is 1.67 bits per heavy atom. The number of aromatic nitrogens is 2. The van der Waals surface area contributed by atoms with E-state index in [1.807, 2.05) is 24.3 Å². The molecule has 0 aliphatic rings. The van der Waals surface area contributed by atoms with Gasteiger partial charge in [0.2, 0.25) is 5.95 Å². The zero-order valence-corrected chi connectivity index (χ0v) is 12.0. The van der Waals surface area contributed by atoms with Crippen molar-refractivity contribution in [3.63, 3.8) is 0 Å². The molecule has 0 aliphatic heterocycles. The molecular formula is C16H17N5. The van der Waals surface area contributed by atoms with E-state index in [1.54, 1.807) is 0 Å². The van der Waals surface area contributed by atoms with E-state index < -0.39 is 0 Å². The van der Waals surface area contributed by atoms with Crippen LogP contribution in [-0.2, 0) is 0 Å². The standard InChI is InChI=1S/C16H17N5/c1-10-7-11(2)9-12(8-10)18-15-13-5-3-4-6-14(13)19-16(20-15)21-17/h3-9H,17H2,1-2H3,(H2,18,19,20,21). The van der Waals surface area contributed by atoms with Gasteiger partial charge in [0.25, 0.3) is 0 Å². The number of fused-ring (bicyclic) bond motifs is 1. The third-order valence-corrected chi connectivity index (χ3v) is 3.22. The minimum absolute atomic E-state index is 0.389. The van der Waals surface area contributed by atoms with Gasteiger partial charge in [-0.1, -0.05) is 18.2 Å². The normalized spacial score (nSPS) is 10.6. The highest BCUT2D eigenvalue weighted by molar-refractivity contribution is 5.91. The molecule has 0 spiro atoms. The summed E-state index contributed by atoms with van der Waals surface area (Å²) in [6, 6.07) is 14.1. The van der Waals surface area contributed by atoms with Crippen molar-refractivity contribution in [3.8, 4) is 0 Å². The van der Waals surface area contributed by atoms with E-state index in [1.165, 1.54) is 11.1 Å². The van der Waals surface area contributed by atoms with Crippen LogP contribution in [0.1, 0.15) is 11.1 Å². The first kappa shape index (κ1) is 13.3. The van der Waals surface area contributed by atoms with E-state index >= 15 is 0 Å². The SMILES string of the molecule is Cc1cc(C)cc(Nc2nc(NN)nc3ccccc23)c1. The number of anilines is 3. The molecule has 1 aromatic heterocycles. The molecule has 0 saturated carbocycles. The number of rotatable bonds is 3. The van der Waals surface area contributed by atoms with Crippen molar-refractivity contribution in [1.82, 2.24) is 9.97 Å². The van der Waals surface area contributed by atoms with Gasteiger partial charge in [0.1, 0.15) is 5.82 Å². The van der Waals surface area contributed by atoms with Crippen molar-refractivity contribution in [2.45, 2.75) is 13.8 Å². The number of nitrogens with one attached hydrogen (secondary N) is 2. The number of nitrogens with zero attached hydrogens (tertiary/aromatic N) is 2. The number of hydrazine groups is 1. The number of hydrogen-bond acceptors (Lipinski definition) is 5. The average Bonchev–Trinajstić information content (AvgIpc) is 2.46. The Balaban J connectivity index is 2.10. The molecule has 21 heavy (non-hydrogen) atoms. The van der Waals surface area contributed by atoms with Crippen LogP contribution in [0.3, 0.4) is 0 Å². The van der Waals surface area contributed by atoms with Gasteiger partial charge in [-0.15, -0.1) is 0 Å². The van der Waals surface area contributed by atoms with Crippen molar-refractivity contribution >= 4 is 28.4 Å². The molecule has 0 atom stereocenters. The van der Waals surface area contributed by atoms with Gasteiger partial charge in [-0.05, 0) is 49.2 Å². The van der Waals surface area contributed by atoms with Gasteiger partial charge in [-0.2, -0.15) is 4.98 Å². The smallest absolute Gasteiger partial charge is 0.239 e. The maximum Gasteiger partial charge on any atom is 0.239 e. The number of nitrogen functional groups attached to an aromatic ring is 1. The Morgan fingerprint density at radius 3 is 2.38 bits per heavy atom. The topological polar surface area (TPSA) is 75.9 Å². The molecular weight excluding hydrogens is 262 g/mol. The monoisotopic (exact) mass is 279 g/mol. The summed E-state index contributed by atoms with van der Waals surface area (Å²) in [5.74, 6) is 6.57. The Bertz CT molecular complexity index is 778. The fourth-order valence-corrected chi connectivity index (χ4v) is 2.42. The van der Waals surface area contributed by atoms with E-state index in [0.29, 0.717) is 5.95 Å². The summed E-state index contributed by atoms with van der Waals surface area (Å²) < 4.78 is 0. The fraction of sp³-hybridized carbons (Fsp3) is 0.125. The van der Waals surface area contributed by atoms with Crippen LogP contribution < -0.4 is 16.6 Å². The molecule has 3 rings (SSSR count). The first-order valence-corrected chi connectivity index (χ1v) is 6.74. The third kappa shape index (κ3) is 2.78. The molecule has 2 aromatic carbocycles. The molecule has 0 radical (unpaired) electrons. The van der Waals surface area contributed by atoms with E-state index in [0.717, 1.165) is 22.4 Å². The van der Waals surface area contributed by atoms with Crippen LogP contribution in [0, 0.1) is 13.8 Å². The second-order valence-corrected chi connectivity index (χ2v) is 5.06. The molecule has 4 N–H and O–H groups in total. The highest BCUT2D eigenvalue weighted by atomic mass is 15.3. The molecule has 0 fully saturated rings. The van der Waals surface area contributed by atoms with Crippen molar-refractivity contribution in [1.29, 1.82) is 0 Å². The van der Waals surface area contributed by atoms with Crippen LogP contribution in [-0.4, -0.2) is 9.97 Å². The van der Waals surface area contributed by atoms with Crippen molar-refractivity contribution in [2.24, 2.45) is 5.84 Å². The quantitative estimate of drug-likeness (QED) is 0.506. The summed E-state index contributed by atoms with van der Waals surface area (Å²) >= 11 is 0. The van der Waals surface area contributed by atoms with Crippen LogP contribution in [0.25, 0.3) is 10.9 Å². The van der Waals surface area contributed by atoms with Gasteiger partial charge in [0.15, 0.2) is 0 Å². The Morgan fingerprint density at radius 1 is 0.952 bits per heavy atom. The maximum atomic E-state index is 5.45. The van der Waals surface area contributed by atoms with Gasteiger partial charge in [0.05, 0.1) is 5.52 Å². The number of benzene rings is 2. The number of nitrogens with two attached hydrogens (primary N) is 1. The highest BCUT2D eigenvalue weighted by Gasteiger charge is 2.07. The van der Waals surface area contributed by atoms with Gasteiger partial charge in [-0.25, -0.2) is 10.8 Å². The lowest BCUT2D eigenvalue weighted by atomic mass is 10.1.